The Balaban J connectivity index is 1.69. The maximum Gasteiger partial charge on any atom is 0.226 e. The molecule has 22 heavy (non-hydrogen) atoms. The van der Waals surface area contributed by atoms with E-state index in [0.29, 0.717) is 5.92 Å². The molecule has 2 saturated carbocycles. The Morgan fingerprint density at radius 3 is 2.59 bits per heavy atom. The predicted octanol–water partition coefficient (Wildman–Crippen LogP) is 2.58. The second-order valence-electron chi connectivity index (χ2n) is 6.82. The molecule has 0 N–H and O–H groups in total. The normalized spacial score (nSPS) is 25.8. The van der Waals surface area contributed by atoms with E-state index in [1.165, 1.54) is 16.0 Å². The lowest BCUT2D eigenvalue weighted by molar-refractivity contribution is -0.134. The van der Waals surface area contributed by atoms with Crippen LogP contribution in [0.1, 0.15) is 41.9 Å². The van der Waals surface area contributed by atoms with Gasteiger partial charge in [-0.1, -0.05) is 0 Å². The van der Waals surface area contributed by atoms with E-state index >= 15 is 0 Å². The van der Waals surface area contributed by atoms with Gasteiger partial charge in [0.15, 0.2) is 0 Å². The Morgan fingerprint density at radius 2 is 2.09 bits per heavy atom. The highest BCUT2D eigenvalue weighted by Crippen LogP contribution is 2.51. The van der Waals surface area contributed by atoms with Crippen LogP contribution in [-0.4, -0.2) is 43.3 Å². The van der Waals surface area contributed by atoms with Gasteiger partial charge in [0.05, 0.1) is 5.75 Å². The van der Waals surface area contributed by atoms with E-state index in [1.54, 1.807) is 11.3 Å². The molecule has 0 aliphatic heterocycles. The zero-order valence-corrected chi connectivity index (χ0v) is 14.9. The van der Waals surface area contributed by atoms with Gasteiger partial charge in [0.2, 0.25) is 5.91 Å². The molecule has 0 bridgehead atoms. The Bertz CT molecular complexity index is 675. The summed E-state index contributed by atoms with van der Waals surface area (Å²) in [5.41, 5.74) is 0. The van der Waals surface area contributed by atoms with Crippen LogP contribution in [0.25, 0.3) is 0 Å². The third-order valence-corrected chi connectivity index (χ3v) is 6.67. The van der Waals surface area contributed by atoms with E-state index in [0.717, 1.165) is 19.3 Å². The van der Waals surface area contributed by atoms with Gasteiger partial charge in [0.25, 0.3) is 0 Å². The first-order valence-electron chi connectivity index (χ1n) is 7.82. The number of thiophene rings is 1. The molecule has 0 radical (unpaired) electrons. The smallest absolute Gasteiger partial charge is 0.226 e. The molecule has 1 aromatic heterocycles. The van der Waals surface area contributed by atoms with Gasteiger partial charge in [-0.05, 0) is 45.2 Å². The van der Waals surface area contributed by atoms with Crippen LogP contribution in [0.3, 0.4) is 0 Å². The van der Waals surface area contributed by atoms with E-state index in [1.807, 2.05) is 11.8 Å². The van der Waals surface area contributed by atoms with Gasteiger partial charge in [0.1, 0.15) is 9.84 Å². The number of rotatable bonds is 6. The second-order valence-corrected chi connectivity index (χ2v) is 10.3. The average Bonchev–Trinajstić information content (AvgIpc) is 3.27. The molecule has 6 heteroatoms. The number of carbonyl (C=O) groups is 1. The Morgan fingerprint density at radius 1 is 1.41 bits per heavy atom. The van der Waals surface area contributed by atoms with Gasteiger partial charge in [-0.2, -0.15) is 0 Å². The summed E-state index contributed by atoms with van der Waals surface area (Å²) >= 11 is 1.77. The van der Waals surface area contributed by atoms with Crippen LogP contribution in [0.4, 0.5) is 0 Å². The van der Waals surface area contributed by atoms with Gasteiger partial charge >= 0.3 is 0 Å². The van der Waals surface area contributed by atoms with Gasteiger partial charge in [-0.25, -0.2) is 8.42 Å². The number of amides is 1. The topological polar surface area (TPSA) is 54.5 Å². The molecule has 4 nitrogen and oxygen atoms in total. The molecule has 2 aliphatic carbocycles. The fourth-order valence-corrected chi connectivity index (χ4v) is 5.35. The lowest BCUT2D eigenvalue weighted by atomic mass is 10.2. The van der Waals surface area contributed by atoms with Crippen molar-refractivity contribution in [2.75, 3.05) is 12.0 Å². The summed E-state index contributed by atoms with van der Waals surface area (Å²) in [7, 11) is -3.07. The van der Waals surface area contributed by atoms with Crippen molar-refractivity contribution < 1.29 is 13.2 Å². The quantitative estimate of drug-likeness (QED) is 0.799. The Hall–Kier alpha value is -0.880. The second kappa shape index (κ2) is 5.64. The van der Waals surface area contributed by atoms with Crippen LogP contribution in [0.15, 0.2) is 12.1 Å². The average molecular weight is 341 g/mol. The maximum atomic E-state index is 12.8. The molecule has 0 aromatic carbocycles. The zero-order chi connectivity index (χ0) is 16.1. The van der Waals surface area contributed by atoms with Gasteiger partial charge in [0, 0.05) is 39.9 Å². The fourth-order valence-electron chi connectivity index (χ4n) is 3.25. The first-order valence-corrected chi connectivity index (χ1v) is 10.7. The van der Waals surface area contributed by atoms with Crippen molar-refractivity contribution in [3.8, 4) is 0 Å². The van der Waals surface area contributed by atoms with Crippen LogP contribution >= 0.6 is 11.3 Å². The minimum Gasteiger partial charge on any atom is -0.336 e. The molecular weight excluding hydrogens is 318 g/mol. The van der Waals surface area contributed by atoms with Crippen LogP contribution in [0.5, 0.6) is 0 Å². The van der Waals surface area contributed by atoms with Crippen LogP contribution in [-0.2, 0) is 14.6 Å². The van der Waals surface area contributed by atoms with Crippen molar-refractivity contribution in [3.63, 3.8) is 0 Å². The highest BCUT2D eigenvalue weighted by atomic mass is 32.2. The monoisotopic (exact) mass is 341 g/mol. The molecule has 0 unspecified atom stereocenters. The zero-order valence-electron chi connectivity index (χ0n) is 13.3. The van der Waals surface area contributed by atoms with Crippen LogP contribution in [0.2, 0.25) is 0 Å². The largest absolute Gasteiger partial charge is 0.336 e. The number of hydrogen-bond donors (Lipinski definition) is 0. The van der Waals surface area contributed by atoms with Crippen molar-refractivity contribution in [1.82, 2.24) is 4.90 Å². The molecule has 3 atom stereocenters. The van der Waals surface area contributed by atoms with Crippen molar-refractivity contribution in [3.05, 3.63) is 21.9 Å². The van der Waals surface area contributed by atoms with Crippen LogP contribution < -0.4 is 0 Å². The molecular formula is C16H23NO3S2. The summed E-state index contributed by atoms with van der Waals surface area (Å²) in [6, 6.07) is 4.27. The highest BCUT2D eigenvalue weighted by Gasteiger charge is 2.50. The summed E-state index contributed by atoms with van der Waals surface area (Å²) in [5.74, 6) is 0.623. The molecule has 122 valence electrons. The number of nitrogens with zero attached hydrogens (tertiary/aromatic N) is 1. The Labute approximate surface area is 136 Å². The first kappa shape index (κ1) is 16.0. The summed E-state index contributed by atoms with van der Waals surface area (Å²) in [6.07, 6.45) is 4.17. The van der Waals surface area contributed by atoms with Crippen molar-refractivity contribution in [2.45, 2.75) is 51.1 Å². The van der Waals surface area contributed by atoms with E-state index in [4.69, 9.17) is 0 Å². The highest BCUT2D eigenvalue weighted by molar-refractivity contribution is 7.90. The predicted molar refractivity (Wildman–Crippen MR) is 88.9 cm³/mol. The summed E-state index contributed by atoms with van der Waals surface area (Å²) in [6.45, 7) is 3.95. The minimum absolute atomic E-state index is 0.0562. The number of hydrogen-bond acceptors (Lipinski definition) is 4. The lowest BCUT2D eigenvalue weighted by Crippen LogP contribution is -2.44. The van der Waals surface area contributed by atoms with Gasteiger partial charge in [-0.3, -0.25) is 4.79 Å². The molecule has 2 fully saturated rings. The fraction of sp³-hybridized carbons (Fsp3) is 0.688. The van der Waals surface area contributed by atoms with Gasteiger partial charge in [-0.15, -0.1) is 11.3 Å². The van der Waals surface area contributed by atoms with Crippen LogP contribution in [0, 0.1) is 12.8 Å². The van der Waals surface area contributed by atoms with E-state index in [2.05, 4.69) is 19.1 Å². The molecule has 1 aromatic rings. The maximum absolute atomic E-state index is 12.8. The van der Waals surface area contributed by atoms with E-state index < -0.39 is 9.84 Å². The molecule has 1 amide bonds. The number of sulfone groups is 1. The molecule has 0 spiro atoms. The van der Waals surface area contributed by atoms with E-state index in [9.17, 15) is 13.2 Å². The summed E-state index contributed by atoms with van der Waals surface area (Å²) in [5, 5.41) is 0. The van der Waals surface area contributed by atoms with Crippen molar-refractivity contribution in [1.29, 1.82) is 0 Å². The van der Waals surface area contributed by atoms with Crippen molar-refractivity contribution >= 4 is 27.1 Å². The molecule has 2 aliphatic rings. The Kier molecular flexibility index (Phi) is 4.10. The first-order chi connectivity index (χ1) is 10.3. The molecule has 0 saturated heterocycles. The minimum atomic E-state index is -3.07. The SMILES string of the molecule is Cc1ccc([C@@H]2C[C@H]2C(=O)N(C2CC2)[C@@H](C)CS(C)(=O)=O)s1. The third-order valence-electron chi connectivity index (χ3n) is 4.45. The summed E-state index contributed by atoms with van der Waals surface area (Å²) in [4.78, 5) is 17.3. The lowest BCUT2D eigenvalue weighted by Gasteiger charge is -2.29. The van der Waals surface area contributed by atoms with Gasteiger partial charge < -0.3 is 4.90 Å². The van der Waals surface area contributed by atoms with E-state index in [-0.39, 0.29) is 29.7 Å². The molecule has 1 heterocycles. The van der Waals surface area contributed by atoms with Crippen molar-refractivity contribution in [2.24, 2.45) is 5.92 Å². The third kappa shape index (κ3) is 3.54. The standard InChI is InChI=1S/C16H23NO3S2/c1-10(9-22(3,19)20)17(12-5-6-12)16(18)14-8-13(14)15-7-4-11(2)21-15/h4,7,10,12-14H,5-6,8-9H2,1-3H3/t10-,13+,14+/m0/s1. The summed E-state index contributed by atoms with van der Waals surface area (Å²) < 4.78 is 23.1. The number of carbonyl (C=O) groups excluding carboxylic acids is 1. The number of aryl methyl sites for hydroxylation is 1. The molecule has 3 rings (SSSR count).